The van der Waals surface area contributed by atoms with E-state index in [2.05, 4.69) is 10.6 Å². The summed E-state index contributed by atoms with van der Waals surface area (Å²) in [6, 6.07) is 5.18. The first-order valence-electron chi connectivity index (χ1n) is 5.40. The van der Waals surface area contributed by atoms with E-state index < -0.39 is 0 Å². The fourth-order valence-electron chi connectivity index (χ4n) is 1.37. The van der Waals surface area contributed by atoms with Gasteiger partial charge in [-0.3, -0.25) is 4.79 Å². The van der Waals surface area contributed by atoms with Crippen LogP contribution < -0.4 is 15.5 Å². The number of nitrogens with zero attached hydrogens (tertiary/aromatic N) is 1. The average Bonchev–Trinajstić information content (AvgIpc) is 2.27. The molecular formula is C12H18ClN3O. The number of likely N-dealkylation sites (N-methyl/N-ethyl adjacent to an activating group) is 1. The van der Waals surface area contributed by atoms with E-state index in [4.69, 9.17) is 11.6 Å². The van der Waals surface area contributed by atoms with Gasteiger partial charge in [-0.25, -0.2) is 0 Å². The molecule has 0 radical (unpaired) electrons. The topological polar surface area (TPSA) is 44.4 Å². The van der Waals surface area contributed by atoms with Gasteiger partial charge in [0.05, 0.1) is 17.4 Å². The molecule has 0 saturated carbocycles. The van der Waals surface area contributed by atoms with E-state index in [1.165, 1.54) is 0 Å². The van der Waals surface area contributed by atoms with Gasteiger partial charge in [-0.2, -0.15) is 0 Å². The second kappa shape index (κ2) is 5.89. The van der Waals surface area contributed by atoms with Crippen LogP contribution in [-0.2, 0) is 4.79 Å². The van der Waals surface area contributed by atoms with Gasteiger partial charge < -0.3 is 15.5 Å². The average molecular weight is 256 g/mol. The van der Waals surface area contributed by atoms with Gasteiger partial charge in [0.1, 0.15) is 0 Å². The van der Waals surface area contributed by atoms with Gasteiger partial charge in [0, 0.05) is 19.1 Å². The van der Waals surface area contributed by atoms with Crippen molar-refractivity contribution in [2.45, 2.75) is 13.0 Å². The highest BCUT2D eigenvalue weighted by atomic mass is 35.5. The number of rotatable bonds is 4. The molecule has 1 aromatic rings. The van der Waals surface area contributed by atoms with Gasteiger partial charge in [-0.05, 0) is 32.2 Å². The fraction of sp³-hybridized carbons (Fsp3) is 0.417. The first kappa shape index (κ1) is 13.8. The van der Waals surface area contributed by atoms with Crippen LogP contribution in [0.2, 0.25) is 5.02 Å². The molecule has 0 aliphatic heterocycles. The van der Waals surface area contributed by atoms with Crippen LogP contribution >= 0.6 is 11.6 Å². The van der Waals surface area contributed by atoms with Crippen molar-refractivity contribution in [2.24, 2.45) is 0 Å². The Labute approximate surface area is 107 Å². The maximum absolute atomic E-state index is 11.8. The van der Waals surface area contributed by atoms with Crippen molar-refractivity contribution >= 4 is 28.9 Å². The summed E-state index contributed by atoms with van der Waals surface area (Å²) in [7, 11) is 5.58. The van der Waals surface area contributed by atoms with Crippen molar-refractivity contribution in [3.8, 4) is 0 Å². The molecule has 4 nitrogen and oxygen atoms in total. The Kier molecular flexibility index (Phi) is 4.78. The zero-order valence-corrected chi connectivity index (χ0v) is 11.3. The number of hydrogen-bond donors (Lipinski definition) is 2. The number of carbonyl (C=O) groups is 1. The smallest absolute Gasteiger partial charge is 0.241 e. The number of halogens is 1. The quantitative estimate of drug-likeness (QED) is 0.865. The molecule has 1 atom stereocenters. The highest BCUT2D eigenvalue weighted by Gasteiger charge is 2.13. The summed E-state index contributed by atoms with van der Waals surface area (Å²) < 4.78 is 0. The number of anilines is 2. The Morgan fingerprint density at radius 2 is 2.06 bits per heavy atom. The molecule has 0 aliphatic rings. The number of carbonyl (C=O) groups excluding carboxylic acids is 1. The molecule has 17 heavy (non-hydrogen) atoms. The van der Waals surface area contributed by atoms with Gasteiger partial charge in [-0.15, -0.1) is 0 Å². The molecule has 0 aliphatic carbocycles. The van der Waals surface area contributed by atoms with Crippen molar-refractivity contribution in [3.63, 3.8) is 0 Å². The van der Waals surface area contributed by atoms with Crippen molar-refractivity contribution in [1.29, 1.82) is 0 Å². The molecule has 0 bridgehead atoms. The Morgan fingerprint density at radius 1 is 1.41 bits per heavy atom. The van der Waals surface area contributed by atoms with Crippen molar-refractivity contribution in [1.82, 2.24) is 5.32 Å². The van der Waals surface area contributed by atoms with Gasteiger partial charge >= 0.3 is 0 Å². The van der Waals surface area contributed by atoms with Crippen LogP contribution in [0.5, 0.6) is 0 Å². The minimum atomic E-state index is -0.246. The van der Waals surface area contributed by atoms with E-state index in [-0.39, 0.29) is 11.9 Å². The zero-order valence-electron chi connectivity index (χ0n) is 10.5. The summed E-state index contributed by atoms with van der Waals surface area (Å²) in [6.45, 7) is 1.80. The molecule has 0 fully saturated rings. The minimum Gasteiger partial charge on any atom is -0.376 e. The Morgan fingerprint density at radius 3 is 2.59 bits per heavy atom. The molecule has 0 spiro atoms. The number of benzene rings is 1. The summed E-state index contributed by atoms with van der Waals surface area (Å²) in [5.74, 6) is -0.0853. The van der Waals surface area contributed by atoms with Gasteiger partial charge in [0.2, 0.25) is 5.91 Å². The third-order valence-electron chi connectivity index (χ3n) is 2.52. The lowest BCUT2D eigenvalue weighted by molar-refractivity contribution is -0.117. The van der Waals surface area contributed by atoms with Crippen LogP contribution in [0.3, 0.4) is 0 Å². The summed E-state index contributed by atoms with van der Waals surface area (Å²) >= 11 is 5.93. The molecular weight excluding hydrogens is 238 g/mol. The van der Waals surface area contributed by atoms with Crippen LogP contribution in [-0.4, -0.2) is 33.1 Å². The van der Waals surface area contributed by atoms with Crippen molar-refractivity contribution in [3.05, 3.63) is 23.2 Å². The SMILES string of the molecule is CN[C@@H](C)C(=O)Nc1cc(Cl)ccc1N(C)C. The van der Waals surface area contributed by atoms with E-state index in [0.717, 1.165) is 11.4 Å². The van der Waals surface area contributed by atoms with E-state index in [1.807, 2.05) is 25.1 Å². The lowest BCUT2D eigenvalue weighted by Gasteiger charge is -2.19. The normalized spacial score (nSPS) is 12.1. The summed E-state index contributed by atoms with van der Waals surface area (Å²) in [4.78, 5) is 13.7. The van der Waals surface area contributed by atoms with Crippen molar-refractivity contribution in [2.75, 3.05) is 31.4 Å². The fourth-order valence-corrected chi connectivity index (χ4v) is 1.54. The van der Waals surface area contributed by atoms with Crippen LogP contribution in [0.15, 0.2) is 18.2 Å². The predicted octanol–water partition coefficient (Wildman–Crippen LogP) is 1.95. The van der Waals surface area contributed by atoms with Crippen LogP contribution in [0.4, 0.5) is 11.4 Å². The minimum absolute atomic E-state index is 0.0853. The lowest BCUT2D eigenvalue weighted by Crippen LogP contribution is -2.35. The number of hydrogen-bond acceptors (Lipinski definition) is 3. The monoisotopic (exact) mass is 255 g/mol. The molecule has 1 amide bonds. The summed E-state index contributed by atoms with van der Waals surface area (Å²) in [5, 5.41) is 6.35. The standard InChI is InChI=1S/C12H18ClN3O/c1-8(14-2)12(17)15-10-7-9(13)5-6-11(10)16(3)4/h5-8,14H,1-4H3,(H,15,17)/t8-/m0/s1. The molecule has 0 saturated heterocycles. The summed E-state index contributed by atoms with van der Waals surface area (Å²) in [6.07, 6.45) is 0. The highest BCUT2D eigenvalue weighted by molar-refractivity contribution is 6.31. The maximum atomic E-state index is 11.8. The highest BCUT2D eigenvalue weighted by Crippen LogP contribution is 2.27. The number of nitrogens with one attached hydrogen (secondary N) is 2. The lowest BCUT2D eigenvalue weighted by atomic mass is 10.2. The van der Waals surface area contributed by atoms with Gasteiger partial charge in [0.15, 0.2) is 0 Å². The molecule has 5 heteroatoms. The summed E-state index contributed by atoms with van der Waals surface area (Å²) in [5.41, 5.74) is 1.64. The van der Waals surface area contributed by atoms with E-state index >= 15 is 0 Å². The third-order valence-corrected chi connectivity index (χ3v) is 2.76. The Balaban J connectivity index is 2.96. The molecule has 0 unspecified atom stereocenters. The molecule has 1 rings (SSSR count). The number of amides is 1. The molecule has 1 aromatic carbocycles. The second-order valence-corrected chi connectivity index (χ2v) is 4.49. The van der Waals surface area contributed by atoms with E-state index in [0.29, 0.717) is 5.02 Å². The van der Waals surface area contributed by atoms with Crippen molar-refractivity contribution < 1.29 is 4.79 Å². The molecule has 94 valence electrons. The van der Waals surface area contributed by atoms with Crippen LogP contribution in [0.25, 0.3) is 0 Å². The van der Waals surface area contributed by atoms with Crippen LogP contribution in [0, 0.1) is 0 Å². The zero-order chi connectivity index (χ0) is 13.0. The maximum Gasteiger partial charge on any atom is 0.241 e. The van der Waals surface area contributed by atoms with Gasteiger partial charge in [0.25, 0.3) is 0 Å². The second-order valence-electron chi connectivity index (χ2n) is 4.06. The molecule has 2 N–H and O–H groups in total. The van der Waals surface area contributed by atoms with E-state index in [1.54, 1.807) is 26.1 Å². The Hall–Kier alpha value is -1.26. The third kappa shape index (κ3) is 3.61. The Bertz CT molecular complexity index is 407. The first-order valence-corrected chi connectivity index (χ1v) is 5.78. The molecule has 0 heterocycles. The first-order chi connectivity index (χ1) is 7.95. The predicted molar refractivity (Wildman–Crippen MR) is 72.9 cm³/mol. The van der Waals surface area contributed by atoms with Gasteiger partial charge in [-0.1, -0.05) is 11.6 Å². The largest absolute Gasteiger partial charge is 0.376 e. The van der Waals surface area contributed by atoms with E-state index in [9.17, 15) is 4.79 Å². The molecule has 0 aromatic heterocycles. The van der Waals surface area contributed by atoms with Crippen LogP contribution in [0.1, 0.15) is 6.92 Å².